The number of hydrogen-bond donors (Lipinski definition) is 1. The molecule has 0 aromatic carbocycles. The Bertz CT molecular complexity index is 399. The van der Waals surface area contributed by atoms with Gasteiger partial charge in [-0.3, -0.25) is 0 Å². The minimum Gasteiger partial charge on any atom is -0.373 e. The number of rotatable bonds is 26. The fourth-order valence-corrected chi connectivity index (χ4v) is 4.43. The molecule has 200 valence electrons. The predicted molar refractivity (Wildman–Crippen MR) is 147 cm³/mol. The van der Waals surface area contributed by atoms with Gasteiger partial charge in [0.15, 0.2) is 0 Å². The molecule has 33 heavy (non-hydrogen) atoms. The van der Waals surface area contributed by atoms with Gasteiger partial charge >= 0.3 is 0 Å². The van der Waals surface area contributed by atoms with Crippen molar-refractivity contribution in [2.75, 3.05) is 19.8 Å². The summed E-state index contributed by atoms with van der Waals surface area (Å²) in [7, 11) is 0. The Labute approximate surface area is 209 Å². The zero-order chi connectivity index (χ0) is 24.7. The van der Waals surface area contributed by atoms with Crippen molar-refractivity contribution in [3.8, 4) is 0 Å². The molecule has 0 radical (unpaired) electrons. The van der Waals surface area contributed by atoms with Crippen LogP contribution >= 0.6 is 0 Å². The van der Waals surface area contributed by atoms with Crippen LogP contribution in [0.4, 0.5) is 0 Å². The van der Waals surface area contributed by atoms with Crippen molar-refractivity contribution in [2.45, 2.75) is 174 Å². The summed E-state index contributed by atoms with van der Waals surface area (Å²) in [5.74, 6) is 0. The molecule has 0 aliphatic carbocycles. The first-order chi connectivity index (χ1) is 15.9. The Morgan fingerprint density at radius 1 is 0.455 bits per heavy atom. The molecule has 2 N–H and O–H groups in total. The average Bonchev–Trinajstić information content (AvgIpc) is 2.80. The second-order valence-corrected chi connectivity index (χ2v) is 11.0. The first-order valence-electron chi connectivity index (χ1n) is 14.9. The highest BCUT2D eigenvalue weighted by Gasteiger charge is 2.42. The van der Waals surface area contributed by atoms with Crippen molar-refractivity contribution in [3.05, 3.63) is 0 Å². The van der Waals surface area contributed by atoms with Crippen LogP contribution in [-0.4, -0.2) is 31.0 Å². The summed E-state index contributed by atoms with van der Waals surface area (Å²) in [6.07, 6.45) is 26.9. The van der Waals surface area contributed by atoms with Crippen LogP contribution in [0.2, 0.25) is 0 Å². The van der Waals surface area contributed by atoms with Crippen LogP contribution in [0.5, 0.6) is 0 Å². The molecule has 0 amide bonds. The van der Waals surface area contributed by atoms with Gasteiger partial charge in [-0.05, 0) is 33.6 Å². The van der Waals surface area contributed by atoms with E-state index in [4.69, 9.17) is 15.2 Å². The minimum atomic E-state index is -0.426. The molecule has 0 saturated carbocycles. The van der Waals surface area contributed by atoms with Gasteiger partial charge in [0.1, 0.15) is 5.60 Å². The van der Waals surface area contributed by atoms with Gasteiger partial charge in [-0.25, -0.2) is 0 Å². The van der Waals surface area contributed by atoms with Crippen molar-refractivity contribution < 1.29 is 9.47 Å². The zero-order valence-electron chi connectivity index (χ0n) is 23.7. The molecule has 0 aliphatic heterocycles. The van der Waals surface area contributed by atoms with Gasteiger partial charge in [-0.2, -0.15) is 0 Å². The molecular formula is C30H63NO2. The zero-order valence-corrected chi connectivity index (χ0v) is 23.7. The second kappa shape index (κ2) is 22.4. The summed E-state index contributed by atoms with van der Waals surface area (Å²) in [6, 6.07) is 0. The van der Waals surface area contributed by atoms with Crippen molar-refractivity contribution in [3.63, 3.8) is 0 Å². The van der Waals surface area contributed by atoms with Gasteiger partial charge in [-0.1, -0.05) is 129 Å². The number of unbranched alkanes of at least 4 members (excludes halogenated alkanes) is 18. The van der Waals surface area contributed by atoms with Crippen LogP contribution in [-0.2, 0) is 9.47 Å². The normalized spacial score (nSPS) is 14.0. The maximum atomic E-state index is 6.32. The Balaban J connectivity index is 3.80. The average molecular weight is 470 g/mol. The molecule has 0 aromatic rings. The molecule has 0 fully saturated rings. The maximum Gasteiger partial charge on any atom is 0.106 e. The first kappa shape index (κ1) is 32.9. The van der Waals surface area contributed by atoms with E-state index in [1.54, 1.807) is 0 Å². The molecule has 0 saturated heterocycles. The smallest absolute Gasteiger partial charge is 0.106 e. The van der Waals surface area contributed by atoms with E-state index in [0.29, 0.717) is 6.54 Å². The van der Waals surface area contributed by atoms with E-state index < -0.39 is 5.60 Å². The molecule has 0 rings (SSSR count). The van der Waals surface area contributed by atoms with E-state index >= 15 is 0 Å². The minimum absolute atomic E-state index is 0.362. The van der Waals surface area contributed by atoms with E-state index in [9.17, 15) is 0 Å². The predicted octanol–water partition coefficient (Wildman–Crippen LogP) is 9.36. The van der Waals surface area contributed by atoms with E-state index in [-0.39, 0.29) is 5.60 Å². The van der Waals surface area contributed by atoms with Gasteiger partial charge < -0.3 is 15.2 Å². The standard InChI is InChI=1S/C30H63NO2/c1-6-8-10-12-14-16-18-20-22-24-26-32-29(3,4)30(5,28-31)33-27-25-23-21-19-17-15-13-11-9-7-2/h6-28,31H2,1-5H3. The van der Waals surface area contributed by atoms with Gasteiger partial charge in [0, 0.05) is 19.8 Å². The lowest BCUT2D eigenvalue weighted by Crippen LogP contribution is -2.56. The van der Waals surface area contributed by atoms with Crippen molar-refractivity contribution in [2.24, 2.45) is 5.73 Å². The van der Waals surface area contributed by atoms with E-state index in [1.807, 2.05) is 0 Å². The molecule has 0 spiro atoms. The summed E-state index contributed by atoms with van der Waals surface area (Å²) >= 11 is 0. The molecule has 0 bridgehead atoms. The van der Waals surface area contributed by atoms with E-state index in [0.717, 1.165) is 26.1 Å². The van der Waals surface area contributed by atoms with Crippen LogP contribution in [0.1, 0.15) is 163 Å². The quantitative estimate of drug-likeness (QED) is 0.128. The highest BCUT2D eigenvalue weighted by Crippen LogP contribution is 2.29. The topological polar surface area (TPSA) is 44.5 Å². The fraction of sp³-hybridized carbons (Fsp3) is 1.00. The van der Waals surface area contributed by atoms with Crippen molar-refractivity contribution in [1.82, 2.24) is 0 Å². The lowest BCUT2D eigenvalue weighted by molar-refractivity contribution is -0.181. The highest BCUT2D eigenvalue weighted by molar-refractivity contribution is 4.94. The molecule has 3 nitrogen and oxygen atoms in total. The summed E-state index contributed by atoms with van der Waals surface area (Å²) in [5.41, 5.74) is 5.36. The SMILES string of the molecule is CCCCCCCCCCCCOC(C)(C)C(C)(CN)OCCCCCCCCCCCC. The number of ether oxygens (including phenoxy) is 2. The Hall–Kier alpha value is -0.120. The Kier molecular flexibility index (Phi) is 22.3. The number of hydrogen-bond acceptors (Lipinski definition) is 3. The van der Waals surface area contributed by atoms with Crippen molar-refractivity contribution >= 4 is 0 Å². The van der Waals surface area contributed by atoms with Crippen LogP contribution in [0.15, 0.2) is 0 Å². The van der Waals surface area contributed by atoms with Gasteiger partial charge in [0.2, 0.25) is 0 Å². The van der Waals surface area contributed by atoms with E-state index in [2.05, 4.69) is 34.6 Å². The first-order valence-corrected chi connectivity index (χ1v) is 14.9. The molecular weight excluding hydrogens is 406 g/mol. The lowest BCUT2D eigenvalue weighted by atomic mass is 9.87. The molecule has 0 aromatic heterocycles. The molecule has 0 aliphatic rings. The van der Waals surface area contributed by atoms with E-state index in [1.165, 1.54) is 116 Å². The monoisotopic (exact) mass is 469 g/mol. The Morgan fingerprint density at radius 2 is 0.758 bits per heavy atom. The molecule has 1 atom stereocenters. The summed E-state index contributed by atoms with van der Waals surface area (Å²) in [4.78, 5) is 0. The van der Waals surface area contributed by atoms with Crippen LogP contribution in [0.3, 0.4) is 0 Å². The lowest BCUT2D eigenvalue weighted by Gasteiger charge is -2.43. The maximum absolute atomic E-state index is 6.32. The van der Waals surface area contributed by atoms with Gasteiger partial charge in [0.05, 0.1) is 5.60 Å². The molecule has 0 heterocycles. The van der Waals surface area contributed by atoms with Crippen molar-refractivity contribution in [1.29, 1.82) is 0 Å². The largest absolute Gasteiger partial charge is 0.373 e. The molecule has 3 heteroatoms. The third-order valence-corrected chi connectivity index (χ3v) is 7.54. The third kappa shape index (κ3) is 17.9. The highest BCUT2D eigenvalue weighted by atomic mass is 16.6. The third-order valence-electron chi connectivity index (χ3n) is 7.54. The summed E-state index contributed by atoms with van der Waals surface area (Å²) < 4.78 is 12.6. The van der Waals surface area contributed by atoms with Crippen LogP contribution < -0.4 is 5.73 Å². The second-order valence-electron chi connectivity index (χ2n) is 11.0. The van der Waals surface area contributed by atoms with Gasteiger partial charge in [0.25, 0.3) is 0 Å². The van der Waals surface area contributed by atoms with Crippen LogP contribution in [0.25, 0.3) is 0 Å². The molecule has 1 unspecified atom stereocenters. The van der Waals surface area contributed by atoms with Crippen LogP contribution in [0, 0.1) is 0 Å². The Morgan fingerprint density at radius 3 is 1.09 bits per heavy atom. The summed E-state index contributed by atoms with van der Waals surface area (Å²) in [6.45, 7) is 13.1. The van der Waals surface area contributed by atoms with Gasteiger partial charge in [-0.15, -0.1) is 0 Å². The number of nitrogens with two attached hydrogens (primary N) is 1. The fourth-order valence-electron chi connectivity index (χ4n) is 4.43. The summed E-state index contributed by atoms with van der Waals surface area (Å²) in [5, 5.41) is 0.